The zero-order chi connectivity index (χ0) is 12.0. The van der Waals surface area contributed by atoms with Gasteiger partial charge in [0.25, 0.3) is 0 Å². The second-order valence-corrected chi connectivity index (χ2v) is 4.74. The fraction of sp³-hybridized carbons (Fsp3) is 0.692. The Hall–Kier alpha value is -0.800. The molecule has 0 spiro atoms. The van der Waals surface area contributed by atoms with Crippen LogP contribution in [0.3, 0.4) is 0 Å². The lowest BCUT2D eigenvalue weighted by atomic mass is 10.2. The maximum atomic E-state index is 5.56. The van der Waals surface area contributed by atoms with Gasteiger partial charge in [0.15, 0.2) is 0 Å². The first-order chi connectivity index (χ1) is 7.59. The molecule has 0 aliphatic rings. The van der Waals surface area contributed by atoms with Crippen molar-refractivity contribution in [2.45, 2.75) is 40.3 Å². The first kappa shape index (κ1) is 13.3. The Morgan fingerprint density at radius 3 is 2.62 bits per heavy atom. The van der Waals surface area contributed by atoms with Crippen LogP contribution in [0.1, 0.15) is 32.1 Å². The summed E-state index contributed by atoms with van der Waals surface area (Å²) in [6, 6.07) is 2.33. The zero-order valence-electron chi connectivity index (χ0n) is 10.7. The van der Waals surface area contributed by atoms with Crippen LogP contribution >= 0.6 is 0 Å². The van der Waals surface area contributed by atoms with Crippen molar-refractivity contribution in [1.82, 2.24) is 5.32 Å². The minimum Gasteiger partial charge on any atom is -0.468 e. The highest BCUT2D eigenvalue weighted by molar-refractivity contribution is 5.14. The number of rotatable bonds is 7. The maximum Gasteiger partial charge on any atom is 0.120 e. The molecular formula is C13H23NO2. The quantitative estimate of drug-likeness (QED) is 0.775. The zero-order valence-corrected chi connectivity index (χ0v) is 10.7. The van der Waals surface area contributed by atoms with Crippen molar-refractivity contribution in [2.75, 3.05) is 13.2 Å². The summed E-state index contributed by atoms with van der Waals surface area (Å²) in [5.74, 6) is 1.61. The molecule has 0 aromatic carbocycles. The van der Waals surface area contributed by atoms with Crippen molar-refractivity contribution < 1.29 is 9.15 Å². The summed E-state index contributed by atoms with van der Waals surface area (Å²) in [7, 11) is 0. The molecule has 1 unspecified atom stereocenters. The van der Waals surface area contributed by atoms with Crippen LogP contribution in [0.5, 0.6) is 0 Å². The predicted octanol–water partition coefficient (Wildman–Crippen LogP) is 2.74. The van der Waals surface area contributed by atoms with E-state index in [-0.39, 0.29) is 0 Å². The molecule has 0 fully saturated rings. The first-order valence-electron chi connectivity index (χ1n) is 5.93. The summed E-state index contributed by atoms with van der Waals surface area (Å²) in [5.41, 5.74) is 1.20. The maximum absolute atomic E-state index is 5.56. The second-order valence-electron chi connectivity index (χ2n) is 4.74. The summed E-state index contributed by atoms with van der Waals surface area (Å²) >= 11 is 0. The molecule has 16 heavy (non-hydrogen) atoms. The largest absolute Gasteiger partial charge is 0.468 e. The number of furan rings is 1. The molecule has 0 aliphatic heterocycles. The average molecular weight is 225 g/mol. The van der Waals surface area contributed by atoms with Crippen molar-refractivity contribution in [3.63, 3.8) is 0 Å². The van der Waals surface area contributed by atoms with Gasteiger partial charge in [-0.2, -0.15) is 0 Å². The Balaban J connectivity index is 2.15. The summed E-state index contributed by atoms with van der Waals surface area (Å²) in [4.78, 5) is 0. The third-order valence-corrected chi connectivity index (χ3v) is 2.40. The van der Waals surface area contributed by atoms with Crippen LogP contribution < -0.4 is 5.32 Å². The van der Waals surface area contributed by atoms with Crippen molar-refractivity contribution in [3.05, 3.63) is 23.7 Å². The molecule has 0 aliphatic carbocycles. The van der Waals surface area contributed by atoms with Crippen LogP contribution in [0.2, 0.25) is 0 Å². The number of nitrogens with one attached hydrogen (secondary N) is 1. The van der Waals surface area contributed by atoms with E-state index < -0.39 is 0 Å². The molecule has 1 N–H and O–H groups in total. The van der Waals surface area contributed by atoms with Crippen molar-refractivity contribution in [2.24, 2.45) is 5.92 Å². The molecule has 0 bridgehead atoms. The molecule has 3 heteroatoms. The Bertz CT molecular complexity index is 294. The summed E-state index contributed by atoms with van der Waals surface area (Å²) < 4.78 is 10.9. The van der Waals surface area contributed by atoms with Gasteiger partial charge in [0.05, 0.1) is 19.4 Å². The molecule has 1 heterocycles. The Kier molecular flexibility index (Phi) is 5.56. The highest BCUT2D eigenvalue weighted by Gasteiger charge is 2.05. The molecule has 0 radical (unpaired) electrons. The normalized spacial score (nSPS) is 13.3. The van der Waals surface area contributed by atoms with Gasteiger partial charge in [0, 0.05) is 12.6 Å². The van der Waals surface area contributed by atoms with Crippen molar-refractivity contribution in [1.29, 1.82) is 0 Å². The SMILES string of the molecule is Cc1ccoc1CNC(C)COCC(C)C. The van der Waals surface area contributed by atoms with E-state index >= 15 is 0 Å². The van der Waals surface area contributed by atoms with Gasteiger partial charge < -0.3 is 14.5 Å². The average Bonchev–Trinajstić information content (AvgIpc) is 2.60. The molecule has 0 saturated carbocycles. The molecule has 1 aromatic rings. The summed E-state index contributed by atoms with van der Waals surface area (Å²) in [6.07, 6.45) is 1.73. The lowest BCUT2D eigenvalue weighted by Gasteiger charge is -2.14. The van der Waals surface area contributed by atoms with E-state index in [9.17, 15) is 0 Å². The van der Waals surface area contributed by atoms with Crippen LogP contribution in [0.15, 0.2) is 16.7 Å². The Morgan fingerprint density at radius 1 is 1.31 bits per heavy atom. The molecule has 0 amide bonds. The lowest BCUT2D eigenvalue weighted by Crippen LogP contribution is -2.30. The second kappa shape index (κ2) is 6.71. The molecule has 92 valence electrons. The van der Waals surface area contributed by atoms with E-state index in [4.69, 9.17) is 9.15 Å². The van der Waals surface area contributed by atoms with E-state index in [1.165, 1.54) is 5.56 Å². The molecular weight excluding hydrogens is 202 g/mol. The monoisotopic (exact) mass is 225 g/mol. The third-order valence-electron chi connectivity index (χ3n) is 2.40. The van der Waals surface area contributed by atoms with E-state index in [2.05, 4.69) is 33.0 Å². The van der Waals surface area contributed by atoms with Crippen LogP contribution in [-0.4, -0.2) is 19.3 Å². The minimum atomic E-state index is 0.350. The highest BCUT2D eigenvalue weighted by Crippen LogP contribution is 2.08. The predicted molar refractivity (Wildman–Crippen MR) is 65.4 cm³/mol. The van der Waals surface area contributed by atoms with Crippen LogP contribution in [0.25, 0.3) is 0 Å². The smallest absolute Gasteiger partial charge is 0.120 e. The van der Waals surface area contributed by atoms with E-state index in [1.807, 2.05) is 6.07 Å². The van der Waals surface area contributed by atoms with Gasteiger partial charge in [-0.3, -0.25) is 0 Å². The van der Waals surface area contributed by atoms with Crippen LogP contribution in [0.4, 0.5) is 0 Å². The minimum absolute atomic E-state index is 0.350. The number of hydrogen-bond acceptors (Lipinski definition) is 3. The van der Waals surface area contributed by atoms with Gasteiger partial charge in [0.1, 0.15) is 5.76 Å². The molecule has 1 atom stereocenters. The fourth-order valence-corrected chi connectivity index (χ4v) is 1.39. The van der Waals surface area contributed by atoms with Gasteiger partial charge in [-0.25, -0.2) is 0 Å². The van der Waals surface area contributed by atoms with Crippen molar-refractivity contribution >= 4 is 0 Å². The number of ether oxygens (including phenoxy) is 1. The van der Waals surface area contributed by atoms with Crippen LogP contribution in [-0.2, 0) is 11.3 Å². The van der Waals surface area contributed by atoms with Gasteiger partial charge >= 0.3 is 0 Å². The number of hydrogen-bond donors (Lipinski definition) is 1. The third kappa shape index (κ3) is 4.81. The highest BCUT2D eigenvalue weighted by atomic mass is 16.5. The summed E-state index contributed by atoms with van der Waals surface area (Å²) in [5, 5.41) is 3.38. The lowest BCUT2D eigenvalue weighted by molar-refractivity contribution is 0.0930. The molecule has 1 rings (SSSR count). The number of aryl methyl sites for hydroxylation is 1. The van der Waals surface area contributed by atoms with Gasteiger partial charge in [-0.1, -0.05) is 13.8 Å². The first-order valence-corrected chi connectivity index (χ1v) is 5.93. The summed E-state index contributed by atoms with van der Waals surface area (Å²) in [6.45, 7) is 10.8. The van der Waals surface area contributed by atoms with E-state index in [0.29, 0.717) is 12.0 Å². The van der Waals surface area contributed by atoms with Gasteiger partial charge in [-0.05, 0) is 31.4 Å². The van der Waals surface area contributed by atoms with Gasteiger partial charge in [-0.15, -0.1) is 0 Å². The Morgan fingerprint density at radius 2 is 2.06 bits per heavy atom. The van der Waals surface area contributed by atoms with Crippen LogP contribution in [0, 0.1) is 12.8 Å². The molecule has 0 saturated heterocycles. The van der Waals surface area contributed by atoms with Crippen molar-refractivity contribution in [3.8, 4) is 0 Å². The fourth-order valence-electron chi connectivity index (χ4n) is 1.39. The standard InChI is InChI=1S/C13H23NO2/c1-10(2)8-15-9-12(4)14-7-13-11(3)5-6-16-13/h5-6,10,12,14H,7-9H2,1-4H3. The van der Waals surface area contributed by atoms with Gasteiger partial charge in [0.2, 0.25) is 0 Å². The van der Waals surface area contributed by atoms with E-state index in [1.54, 1.807) is 6.26 Å². The topological polar surface area (TPSA) is 34.4 Å². The molecule has 3 nitrogen and oxygen atoms in total. The Labute approximate surface area is 98.2 Å². The molecule has 1 aromatic heterocycles. The van der Waals surface area contributed by atoms with E-state index in [0.717, 1.165) is 25.5 Å².